The molecule has 0 aliphatic carbocycles. The molecule has 0 aromatic heterocycles. The van der Waals surface area contributed by atoms with Crippen LogP contribution >= 0.6 is 0 Å². The van der Waals surface area contributed by atoms with Gasteiger partial charge in [0.1, 0.15) is 0 Å². The molecule has 3 nitrogen and oxygen atoms in total. The van der Waals surface area contributed by atoms with Gasteiger partial charge in [-0.15, -0.1) is 0 Å². The molecule has 1 unspecified atom stereocenters. The van der Waals surface area contributed by atoms with Gasteiger partial charge in [0.2, 0.25) is 0 Å². The molecule has 1 atom stereocenters. The second-order valence-corrected chi connectivity index (χ2v) is 5.21. The molecular weight excluding hydrogens is 190 g/mol. The molecule has 1 N–H and O–H groups in total. The van der Waals surface area contributed by atoms with Gasteiger partial charge in [0.15, 0.2) is 0 Å². The summed E-state index contributed by atoms with van der Waals surface area (Å²) in [6.07, 6.45) is 0.435. The number of hydrogen-bond donors (Lipinski definition) is 1. The van der Waals surface area contributed by atoms with Gasteiger partial charge in [-0.05, 0) is 18.3 Å². The number of nitrogens with one attached hydrogen (secondary N) is 1. The molecule has 0 bridgehead atoms. The highest BCUT2D eigenvalue weighted by Crippen LogP contribution is 2.24. The highest BCUT2D eigenvalue weighted by molar-refractivity contribution is 5.69. The van der Waals surface area contributed by atoms with Crippen molar-refractivity contribution in [2.24, 2.45) is 11.3 Å². The third-order valence-corrected chi connectivity index (χ3v) is 3.17. The Labute approximate surface area is 93.6 Å². The third kappa shape index (κ3) is 5.78. The smallest absolute Gasteiger partial charge is 0.307 e. The molecule has 90 valence electrons. The molecule has 0 saturated heterocycles. The second kappa shape index (κ2) is 6.11. The van der Waals surface area contributed by atoms with E-state index >= 15 is 0 Å². The van der Waals surface area contributed by atoms with Crippen molar-refractivity contribution in [3.63, 3.8) is 0 Å². The molecule has 0 aromatic rings. The van der Waals surface area contributed by atoms with Crippen LogP contribution in [0.3, 0.4) is 0 Å². The lowest BCUT2D eigenvalue weighted by Crippen LogP contribution is -2.39. The number of hydrogen-bond acceptors (Lipinski definition) is 3. The van der Waals surface area contributed by atoms with E-state index in [2.05, 4.69) is 37.7 Å². The maximum atomic E-state index is 11.0. The fourth-order valence-corrected chi connectivity index (χ4v) is 1.05. The van der Waals surface area contributed by atoms with Gasteiger partial charge in [0, 0.05) is 12.6 Å². The van der Waals surface area contributed by atoms with Crippen molar-refractivity contribution >= 4 is 5.97 Å². The Morgan fingerprint density at radius 3 is 2.27 bits per heavy atom. The lowest BCUT2D eigenvalue weighted by atomic mass is 9.81. The van der Waals surface area contributed by atoms with Crippen molar-refractivity contribution in [3.8, 4) is 0 Å². The van der Waals surface area contributed by atoms with Gasteiger partial charge in [0.25, 0.3) is 0 Å². The average molecular weight is 215 g/mol. The Kier molecular flexibility index (Phi) is 5.88. The van der Waals surface area contributed by atoms with Crippen LogP contribution in [0.15, 0.2) is 0 Å². The maximum absolute atomic E-state index is 11.0. The van der Waals surface area contributed by atoms with E-state index in [1.807, 2.05) is 6.92 Å². The Bertz CT molecular complexity index is 200. The summed E-state index contributed by atoms with van der Waals surface area (Å²) in [5.74, 6) is 0.465. The normalized spacial score (nSPS) is 14.1. The van der Waals surface area contributed by atoms with Crippen LogP contribution < -0.4 is 5.32 Å². The Morgan fingerprint density at radius 2 is 1.87 bits per heavy atom. The van der Waals surface area contributed by atoms with E-state index in [4.69, 9.17) is 0 Å². The number of carbonyl (C=O) groups excluding carboxylic acids is 1. The van der Waals surface area contributed by atoms with E-state index in [0.29, 0.717) is 12.3 Å². The first-order valence-electron chi connectivity index (χ1n) is 5.59. The third-order valence-electron chi connectivity index (χ3n) is 3.17. The second-order valence-electron chi connectivity index (χ2n) is 5.21. The van der Waals surface area contributed by atoms with E-state index in [-0.39, 0.29) is 17.4 Å². The Hall–Kier alpha value is -0.570. The predicted molar refractivity (Wildman–Crippen MR) is 62.7 cm³/mol. The molecule has 0 aromatic carbocycles. The summed E-state index contributed by atoms with van der Waals surface area (Å²) in [7, 11) is 1.42. The molecule has 0 amide bonds. The van der Waals surface area contributed by atoms with E-state index < -0.39 is 0 Å². The Morgan fingerprint density at radius 1 is 1.33 bits per heavy atom. The summed E-state index contributed by atoms with van der Waals surface area (Å²) >= 11 is 0. The van der Waals surface area contributed by atoms with Gasteiger partial charge in [-0.2, -0.15) is 0 Å². The van der Waals surface area contributed by atoms with Gasteiger partial charge in [-0.25, -0.2) is 0 Å². The zero-order valence-electron chi connectivity index (χ0n) is 10.9. The zero-order valence-corrected chi connectivity index (χ0v) is 10.9. The molecular formula is C12H25NO2. The molecule has 0 spiro atoms. The minimum Gasteiger partial charge on any atom is -0.469 e. The Balaban J connectivity index is 3.90. The van der Waals surface area contributed by atoms with Crippen LogP contribution in [0.2, 0.25) is 0 Å². The SMILES string of the molecule is COC(=O)CC(C)NCC(C)(C)C(C)C. The number of carbonyl (C=O) groups is 1. The van der Waals surface area contributed by atoms with Gasteiger partial charge in [-0.3, -0.25) is 4.79 Å². The van der Waals surface area contributed by atoms with Crippen molar-refractivity contribution < 1.29 is 9.53 Å². The van der Waals surface area contributed by atoms with Crippen LogP contribution in [0.1, 0.15) is 41.0 Å². The van der Waals surface area contributed by atoms with E-state index in [0.717, 1.165) is 6.54 Å². The highest BCUT2D eigenvalue weighted by Gasteiger charge is 2.22. The van der Waals surface area contributed by atoms with Crippen molar-refractivity contribution in [1.82, 2.24) is 5.32 Å². The fourth-order valence-electron chi connectivity index (χ4n) is 1.05. The number of ether oxygens (including phenoxy) is 1. The minimum absolute atomic E-state index is 0.155. The molecule has 3 heteroatoms. The van der Waals surface area contributed by atoms with Crippen molar-refractivity contribution in [2.45, 2.75) is 47.1 Å². The topological polar surface area (TPSA) is 38.3 Å². The number of methoxy groups -OCH3 is 1. The quantitative estimate of drug-likeness (QED) is 0.690. The van der Waals surface area contributed by atoms with Crippen LogP contribution in [0, 0.1) is 11.3 Å². The van der Waals surface area contributed by atoms with Gasteiger partial charge < -0.3 is 10.1 Å². The first-order valence-corrected chi connectivity index (χ1v) is 5.59. The van der Waals surface area contributed by atoms with E-state index in [1.165, 1.54) is 7.11 Å². The van der Waals surface area contributed by atoms with Gasteiger partial charge in [0.05, 0.1) is 13.5 Å². The average Bonchev–Trinajstić information content (AvgIpc) is 2.14. The molecule has 0 fully saturated rings. The molecule has 0 rings (SSSR count). The number of rotatable bonds is 6. The monoisotopic (exact) mass is 215 g/mol. The lowest BCUT2D eigenvalue weighted by Gasteiger charge is -2.31. The van der Waals surface area contributed by atoms with E-state index in [9.17, 15) is 4.79 Å². The summed E-state index contributed by atoms with van der Waals surface area (Å²) < 4.78 is 4.62. The number of esters is 1. The van der Waals surface area contributed by atoms with Crippen LogP contribution in [0.4, 0.5) is 0 Å². The van der Waals surface area contributed by atoms with Crippen LogP contribution in [-0.4, -0.2) is 25.7 Å². The first kappa shape index (κ1) is 14.4. The van der Waals surface area contributed by atoms with Crippen LogP contribution in [-0.2, 0) is 9.53 Å². The molecule has 0 aliphatic heterocycles. The van der Waals surface area contributed by atoms with Crippen molar-refractivity contribution in [1.29, 1.82) is 0 Å². The summed E-state index contributed by atoms with van der Waals surface area (Å²) in [5.41, 5.74) is 0.254. The maximum Gasteiger partial charge on any atom is 0.307 e. The fraction of sp³-hybridized carbons (Fsp3) is 0.917. The molecule has 0 aliphatic rings. The molecule has 0 heterocycles. The molecule has 15 heavy (non-hydrogen) atoms. The first-order chi connectivity index (χ1) is 6.79. The molecule has 0 radical (unpaired) electrons. The van der Waals surface area contributed by atoms with Crippen LogP contribution in [0.25, 0.3) is 0 Å². The molecule has 0 saturated carbocycles. The lowest BCUT2D eigenvalue weighted by molar-refractivity contribution is -0.141. The standard InChI is InChI=1S/C12H25NO2/c1-9(2)12(4,5)8-13-10(3)7-11(14)15-6/h9-10,13H,7-8H2,1-6H3. The van der Waals surface area contributed by atoms with E-state index in [1.54, 1.807) is 0 Å². The predicted octanol–water partition coefficient (Wildman–Crippen LogP) is 2.21. The summed E-state index contributed by atoms with van der Waals surface area (Å²) in [4.78, 5) is 11.0. The van der Waals surface area contributed by atoms with Gasteiger partial charge >= 0.3 is 5.97 Å². The zero-order chi connectivity index (χ0) is 12.1. The largest absolute Gasteiger partial charge is 0.469 e. The summed E-state index contributed by atoms with van der Waals surface area (Å²) in [6, 6.07) is 0.176. The van der Waals surface area contributed by atoms with Crippen LogP contribution in [0.5, 0.6) is 0 Å². The summed E-state index contributed by atoms with van der Waals surface area (Å²) in [5, 5.41) is 3.37. The van der Waals surface area contributed by atoms with Crippen molar-refractivity contribution in [3.05, 3.63) is 0 Å². The highest BCUT2D eigenvalue weighted by atomic mass is 16.5. The van der Waals surface area contributed by atoms with Gasteiger partial charge in [-0.1, -0.05) is 27.7 Å². The van der Waals surface area contributed by atoms with Crippen molar-refractivity contribution in [2.75, 3.05) is 13.7 Å². The minimum atomic E-state index is -0.155. The summed E-state index contributed by atoms with van der Waals surface area (Å²) in [6.45, 7) is 11.8.